The number of hydrogen-bond donors (Lipinski definition) is 1. The van der Waals surface area contributed by atoms with Crippen molar-refractivity contribution in [2.75, 3.05) is 26.2 Å². The van der Waals surface area contributed by atoms with Gasteiger partial charge in [0, 0.05) is 19.6 Å². The van der Waals surface area contributed by atoms with E-state index in [4.69, 9.17) is 5.26 Å². The Morgan fingerprint density at radius 2 is 2.05 bits per heavy atom. The van der Waals surface area contributed by atoms with Gasteiger partial charge in [0.15, 0.2) is 0 Å². The molecule has 0 saturated heterocycles. The maximum atomic E-state index is 13.2. The van der Waals surface area contributed by atoms with Crippen molar-refractivity contribution >= 4 is 0 Å². The summed E-state index contributed by atoms with van der Waals surface area (Å²) in [6.45, 7) is 8.94. The van der Waals surface area contributed by atoms with Crippen LogP contribution in [0.25, 0.3) is 0 Å². The lowest BCUT2D eigenvalue weighted by Gasteiger charge is -2.19. The van der Waals surface area contributed by atoms with Crippen LogP contribution >= 0.6 is 0 Å². The second-order valence-electron chi connectivity index (χ2n) is 4.57. The normalized spacial score (nSPS) is 10.7. The highest BCUT2D eigenvalue weighted by atomic mass is 19.1. The fraction of sp³-hybridized carbons (Fsp3) is 0.533. The lowest BCUT2D eigenvalue weighted by molar-refractivity contribution is 0.287. The number of nitriles is 1. The van der Waals surface area contributed by atoms with Crippen molar-refractivity contribution in [2.24, 2.45) is 0 Å². The van der Waals surface area contributed by atoms with E-state index in [2.05, 4.69) is 24.1 Å². The van der Waals surface area contributed by atoms with Gasteiger partial charge in [0.25, 0.3) is 0 Å². The van der Waals surface area contributed by atoms with Crippen molar-refractivity contribution in [1.29, 1.82) is 5.26 Å². The Labute approximate surface area is 115 Å². The van der Waals surface area contributed by atoms with Crippen molar-refractivity contribution in [3.8, 4) is 6.07 Å². The average molecular weight is 263 g/mol. The van der Waals surface area contributed by atoms with Gasteiger partial charge in [0.1, 0.15) is 5.82 Å². The topological polar surface area (TPSA) is 39.1 Å². The number of likely N-dealkylation sites (N-methyl/N-ethyl adjacent to an activating group) is 1. The Kier molecular flexibility index (Phi) is 7.09. The van der Waals surface area contributed by atoms with Gasteiger partial charge in [-0.15, -0.1) is 0 Å². The first-order valence-electron chi connectivity index (χ1n) is 6.82. The summed E-state index contributed by atoms with van der Waals surface area (Å²) in [5, 5.41) is 12.1. The molecule has 0 atom stereocenters. The maximum absolute atomic E-state index is 13.2. The van der Waals surface area contributed by atoms with Gasteiger partial charge in [0.05, 0.1) is 11.6 Å². The highest BCUT2D eigenvalue weighted by molar-refractivity contribution is 5.33. The number of halogens is 1. The third kappa shape index (κ3) is 5.82. The molecule has 0 radical (unpaired) electrons. The fourth-order valence-corrected chi connectivity index (χ4v) is 2.03. The fourth-order valence-electron chi connectivity index (χ4n) is 2.03. The van der Waals surface area contributed by atoms with Crippen molar-refractivity contribution in [2.45, 2.75) is 26.8 Å². The first kappa shape index (κ1) is 15.6. The van der Waals surface area contributed by atoms with Crippen LogP contribution in [0.4, 0.5) is 4.39 Å². The van der Waals surface area contributed by atoms with Crippen molar-refractivity contribution < 1.29 is 4.39 Å². The Bertz CT molecular complexity index is 426. The molecule has 1 N–H and O–H groups in total. The van der Waals surface area contributed by atoms with Gasteiger partial charge in [-0.25, -0.2) is 4.39 Å². The molecule has 1 rings (SSSR count). The molecule has 0 fully saturated rings. The first-order valence-corrected chi connectivity index (χ1v) is 6.82. The van der Waals surface area contributed by atoms with Crippen LogP contribution < -0.4 is 5.32 Å². The van der Waals surface area contributed by atoms with Crippen LogP contribution in [0.3, 0.4) is 0 Å². The zero-order valence-electron chi connectivity index (χ0n) is 11.7. The van der Waals surface area contributed by atoms with E-state index in [0.29, 0.717) is 12.1 Å². The predicted molar refractivity (Wildman–Crippen MR) is 75.2 cm³/mol. The maximum Gasteiger partial charge on any atom is 0.124 e. The van der Waals surface area contributed by atoms with Crippen LogP contribution in [-0.4, -0.2) is 31.1 Å². The van der Waals surface area contributed by atoms with Crippen molar-refractivity contribution in [3.63, 3.8) is 0 Å². The number of nitrogens with one attached hydrogen (secondary N) is 1. The Morgan fingerprint density at radius 1 is 1.26 bits per heavy atom. The second kappa shape index (κ2) is 8.63. The summed E-state index contributed by atoms with van der Waals surface area (Å²) in [6, 6.07) is 6.41. The summed E-state index contributed by atoms with van der Waals surface area (Å²) < 4.78 is 13.2. The molecule has 19 heavy (non-hydrogen) atoms. The molecule has 4 heteroatoms. The Hall–Kier alpha value is -1.44. The molecular formula is C15H22FN3. The summed E-state index contributed by atoms with van der Waals surface area (Å²) in [7, 11) is 0. The molecule has 0 aliphatic carbocycles. The molecule has 0 amide bonds. The minimum absolute atomic E-state index is 0.350. The highest BCUT2D eigenvalue weighted by Crippen LogP contribution is 2.08. The van der Waals surface area contributed by atoms with Crippen LogP contribution in [0.2, 0.25) is 0 Å². The monoisotopic (exact) mass is 263 g/mol. The predicted octanol–water partition coefficient (Wildman–Crippen LogP) is 2.52. The lowest BCUT2D eigenvalue weighted by Crippen LogP contribution is -2.32. The lowest BCUT2D eigenvalue weighted by atomic mass is 10.1. The van der Waals surface area contributed by atoms with Crippen LogP contribution in [0.5, 0.6) is 0 Å². The summed E-state index contributed by atoms with van der Waals surface area (Å²) in [4.78, 5) is 2.37. The van der Waals surface area contributed by atoms with E-state index in [9.17, 15) is 4.39 Å². The number of nitrogens with zero attached hydrogens (tertiary/aromatic N) is 2. The van der Waals surface area contributed by atoms with Crippen LogP contribution in [0.1, 0.15) is 31.4 Å². The molecule has 0 aromatic heterocycles. The smallest absolute Gasteiger partial charge is 0.124 e. The van der Waals surface area contributed by atoms with E-state index in [1.165, 1.54) is 12.1 Å². The van der Waals surface area contributed by atoms with Gasteiger partial charge in [-0.05, 0) is 43.3 Å². The standard InChI is InChI=1S/C15H22FN3/c1-3-6-19(4-2)7-5-18-12-14-8-13(11-17)9-15(16)10-14/h8-10,18H,3-7,12H2,1-2H3. The van der Waals surface area contributed by atoms with Gasteiger partial charge in [-0.2, -0.15) is 5.26 Å². The van der Waals surface area contributed by atoms with Crippen LogP contribution in [-0.2, 0) is 6.54 Å². The SMILES string of the molecule is CCCN(CC)CCNCc1cc(F)cc(C#N)c1. The minimum Gasteiger partial charge on any atom is -0.311 e. The first-order chi connectivity index (χ1) is 9.19. The molecule has 0 aliphatic rings. The van der Waals surface area contributed by atoms with Crippen LogP contribution in [0.15, 0.2) is 18.2 Å². The largest absolute Gasteiger partial charge is 0.311 e. The van der Waals surface area contributed by atoms with E-state index < -0.39 is 0 Å². The van der Waals surface area contributed by atoms with Crippen molar-refractivity contribution in [1.82, 2.24) is 10.2 Å². The molecule has 0 aliphatic heterocycles. The van der Waals surface area contributed by atoms with E-state index >= 15 is 0 Å². The van der Waals surface area contributed by atoms with Gasteiger partial charge in [-0.1, -0.05) is 13.8 Å². The van der Waals surface area contributed by atoms with Crippen LogP contribution in [0, 0.1) is 17.1 Å². The summed E-state index contributed by atoms with van der Waals surface area (Å²) >= 11 is 0. The van der Waals surface area contributed by atoms with Gasteiger partial charge >= 0.3 is 0 Å². The second-order valence-corrected chi connectivity index (χ2v) is 4.57. The van der Waals surface area contributed by atoms with Gasteiger partial charge < -0.3 is 10.2 Å². The van der Waals surface area contributed by atoms with E-state index in [1.807, 2.05) is 6.07 Å². The number of hydrogen-bond acceptors (Lipinski definition) is 3. The average Bonchev–Trinajstić information content (AvgIpc) is 2.41. The molecule has 1 aromatic carbocycles. The molecule has 104 valence electrons. The van der Waals surface area contributed by atoms with Gasteiger partial charge in [0.2, 0.25) is 0 Å². The number of benzene rings is 1. The molecule has 0 spiro atoms. The van der Waals surface area contributed by atoms with Crippen molar-refractivity contribution in [3.05, 3.63) is 35.1 Å². The summed E-state index contributed by atoms with van der Waals surface area (Å²) in [5.74, 6) is -0.350. The zero-order chi connectivity index (χ0) is 14.1. The molecule has 1 aromatic rings. The highest BCUT2D eigenvalue weighted by Gasteiger charge is 2.02. The third-order valence-corrected chi connectivity index (χ3v) is 3.01. The molecule has 0 saturated carbocycles. The summed E-state index contributed by atoms with van der Waals surface area (Å²) in [6.07, 6.45) is 1.16. The molecule has 3 nitrogen and oxygen atoms in total. The third-order valence-electron chi connectivity index (χ3n) is 3.01. The van der Waals surface area contributed by atoms with E-state index in [0.717, 1.165) is 38.2 Å². The van der Waals surface area contributed by atoms with E-state index in [1.54, 1.807) is 6.07 Å². The quantitative estimate of drug-likeness (QED) is 0.733. The van der Waals surface area contributed by atoms with Gasteiger partial charge in [-0.3, -0.25) is 0 Å². The molecular weight excluding hydrogens is 241 g/mol. The minimum atomic E-state index is -0.350. The molecule has 0 bridgehead atoms. The van der Waals surface area contributed by atoms with E-state index in [-0.39, 0.29) is 5.82 Å². The molecule has 0 unspecified atom stereocenters. The Morgan fingerprint density at radius 3 is 2.68 bits per heavy atom. The molecule has 0 heterocycles. The zero-order valence-corrected chi connectivity index (χ0v) is 11.7. The number of rotatable bonds is 8. The Balaban J connectivity index is 2.37. The summed E-state index contributed by atoms with van der Waals surface area (Å²) in [5.41, 5.74) is 1.19.